The molecule has 1 unspecified atom stereocenters. The molecule has 1 atom stereocenters. The molecule has 1 heterocycles. The minimum atomic E-state index is -0.612. The Morgan fingerprint density at radius 1 is 1.29 bits per heavy atom. The van der Waals surface area contributed by atoms with Gasteiger partial charge >= 0.3 is 0 Å². The van der Waals surface area contributed by atoms with Crippen molar-refractivity contribution in [3.8, 4) is 11.5 Å². The van der Waals surface area contributed by atoms with E-state index in [4.69, 9.17) is 9.47 Å². The molecule has 3 nitrogen and oxygen atoms in total. The van der Waals surface area contributed by atoms with Crippen molar-refractivity contribution in [2.24, 2.45) is 0 Å². The molecule has 0 aliphatic carbocycles. The van der Waals surface area contributed by atoms with E-state index in [2.05, 4.69) is 0 Å². The van der Waals surface area contributed by atoms with Crippen LogP contribution in [0.3, 0.4) is 0 Å². The molecule has 0 amide bonds. The average molecular weight is 326 g/mol. The standard InChI is InChI=1S/C20H19FO3/c1-13(2)9-10-23-14-7-8-16-18(22)12-20(24-19(16)11-14)15-5-3-4-6-17(15)21/h3-9,11,20H,10,12H2,1-2H3. The molecule has 2 aromatic carbocycles. The van der Waals surface area contributed by atoms with Crippen molar-refractivity contribution < 1.29 is 18.7 Å². The van der Waals surface area contributed by atoms with Crippen molar-refractivity contribution in [3.05, 3.63) is 71.1 Å². The van der Waals surface area contributed by atoms with Gasteiger partial charge in [-0.05, 0) is 38.1 Å². The maximum absolute atomic E-state index is 14.0. The first-order chi connectivity index (χ1) is 11.5. The zero-order valence-electron chi connectivity index (χ0n) is 13.7. The Balaban J connectivity index is 1.84. The molecule has 4 heteroatoms. The Kier molecular flexibility index (Phi) is 4.65. The van der Waals surface area contributed by atoms with Crippen LogP contribution in [-0.4, -0.2) is 12.4 Å². The highest BCUT2D eigenvalue weighted by Crippen LogP contribution is 2.37. The summed E-state index contributed by atoms with van der Waals surface area (Å²) in [5, 5.41) is 0. The summed E-state index contributed by atoms with van der Waals surface area (Å²) >= 11 is 0. The topological polar surface area (TPSA) is 35.5 Å². The van der Waals surface area contributed by atoms with Crippen molar-refractivity contribution >= 4 is 5.78 Å². The van der Waals surface area contributed by atoms with Gasteiger partial charge in [0, 0.05) is 11.6 Å². The molecule has 3 rings (SSSR count). The predicted molar refractivity (Wildman–Crippen MR) is 90.1 cm³/mol. The summed E-state index contributed by atoms with van der Waals surface area (Å²) in [5.41, 5.74) is 2.07. The number of halogens is 1. The summed E-state index contributed by atoms with van der Waals surface area (Å²) in [5.74, 6) is 0.637. The van der Waals surface area contributed by atoms with Crippen molar-refractivity contribution in [3.63, 3.8) is 0 Å². The van der Waals surface area contributed by atoms with Crippen molar-refractivity contribution in [2.75, 3.05) is 6.61 Å². The number of allylic oxidation sites excluding steroid dienone is 1. The summed E-state index contributed by atoms with van der Waals surface area (Å²) in [4.78, 5) is 12.3. The second-order valence-electron chi connectivity index (χ2n) is 6.01. The zero-order chi connectivity index (χ0) is 17.1. The highest BCUT2D eigenvalue weighted by atomic mass is 19.1. The van der Waals surface area contributed by atoms with E-state index in [0.717, 1.165) is 0 Å². The van der Waals surface area contributed by atoms with E-state index in [1.165, 1.54) is 11.6 Å². The molecule has 2 aromatic rings. The van der Waals surface area contributed by atoms with Crippen LogP contribution in [-0.2, 0) is 0 Å². The quantitative estimate of drug-likeness (QED) is 0.751. The number of benzene rings is 2. The van der Waals surface area contributed by atoms with Crippen LogP contribution in [0.25, 0.3) is 0 Å². The fourth-order valence-corrected chi connectivity index (χ4v) is 2.61. The summed E-state index contributed by atoms with van der Waals surface area (Å²) < 4.78 is 25.5. The molecule has 0 saturated heterocycles. The van der Waals surface area contributed by atoms with Crippen LogP contribution in [0.4, 0.5) is 4.39 Å². The molecule has 0 fully saturated rings. The van der Waals surface area contributed by atoms with E-state index in [0.29, 0.717) is 29.2 Å². The van der Waals surface area contributed by atoms with Crippen molar-refractivity contribution in [1.29, 1.82) is 0 Å². The SMILES string of the molecule is CC(C)=CCOc1ccc2c(c1)OC(c1ccccc1F)CC2=O. The molecular weight excluding hydrogens is 307 g/mol. The molecule has 1 aliphatic rings. The number of ether oxygens (including phenoxy) is 2. The largest absolute Gasteiger partial charge is 0.489 e. The van der Waals surface area contributed by atoms with Gasteiger partial charge in [0.2, 0.25) is 0 Å². The Morgan fingerprint density at radius 2 is 2.08 bits per heavy atom. The molecule has 0 aromatic heterocycles. The Morgan fingerprint density at radius 3 is 2.83 bits per heavy atom. The molecule has 124 valence electrons. The third-order valence-corrected chi connectivity index (χ3v) is 3.89. The Bertz CT molecular complexity index is 791. The van der Waals surface area contributed by atoms with Crippen LogP contribution in [0.2, 0.25) is 0 Å². The number of carbonyl (C=O) groups excluding carboxylic acids is 1. The fraction of sp³-hybridized carbons (Fsp3) is 0.250. The number of rotatable bonds is 4. The third-order valence-electron chi connectivity index (χ3n) is 3.89. The lowest BCUT2D eigenvalue weighted by molar-refractivity contribution is 0.0845. The average Bonchev–Trinajstić information content (AvgIpc) is 2.54. The van der Waals surface area contributed by atoms with E-state index < -0.39 is 6.10 Å². The third kappa shape index (κ3) is 3.48. The summed E-state index contributed by atoms with van der Waals surface area (Å²) in [6.07, 6.45) is 1.48. The maximum atomic E-state index is 14.0. The lowest BCUT2D eigenvalue weighted by atomic mass is 9.96. The van der Waals surface area contributed by atoms with Gasteiger partial charge in [-0.3, -0.25) is 4.79 Å². The number of hydrogen-bond acceptors (Lipinski definition) is 3. The molecule has 0 radical (unpaired) electrons. The highest BCUT2D eigenvalue weighted by Gasteiger charge is 2.29. The van der Waals surface area contributed by atoms with Crippen molar-refractivity contribution in [2.45, 2.75) is 26.4 Å². The molecule has 0 saturated carbocycles. The monoisotopic (exact) mass is 326 g/mol. The van der Waals surface area contributed by atoms with E-state index >= 15 is 0 Å². The Hall–Kier alpha value is -2.62. The Labute approximate surface area is 140 Å². The van der Waals surface area contributed by atoms with Gasteiger partial charge in [-0.1, -0.05) is 23.8 Å². The van der Waals surface area contributed by atoms with Crippen molar-refractivity contribution in [1.82, 2.24) is 0 Å². The lowest BCUT2D eigenvalue weighted by Crippen LogP contribution is -2.21. The van der Waals surface area contributed by atoms with E-state index in [-0.39, 0.29) is 18.0 Å². The van der Waals surface area contributed by atoms with E-state index in [1.54, 1.807) is 36.4 Å². The number of Topliss-reactive ketones (excluding diaryl/α,β-unsaturated/α-hetero) is 1. The molecular formula is C20H19FO3. The van der Waals surface area contributed by atoms with E-state index in [9.17, 15) is 9.18 Å². The lowest BCUT2D eigenvalue weighted by Gasteiger charge is -2.26. The van der Waals surface area contributed by atoms with Crippen LogP contribution >= 0.6 is 0 Å². The highest BCUT2D eigenvalue weighted by molar-refractivity contribution is 6.00. The summed E-state index contributed by atoms with van der Waals surface area (Å²) in [6, 6.07) is 11.5. The van der Waals surface area contributed by atoms with Gasteiger partial charge in [0.05, 0.1) is 12.0 Å². The van der Waals surface area contributed by atoms with Crippen LogP contribution in [0.1, 0.15) is 42.3 Å². The normalized spacial score (nSPS) is 16.1. The zero-order valence-corrected chi connectivity index (χ0v) is 13.7. The van der Waals surface area contributed by atoms with E-state index in [1.807, 2.05) is 19.9 Å². The van der Waals surface area contributed by atoms with Gasteiger partial charge in [-0.25, -0.2) is 4.39 Å². The number of fused-ring (bicyclic) bond motifs is 1. The van der Waals surface area contributed by atoms with Gasteiger partial charge in [-0.15, -0.1) is 0 Å². The molecule has 0 spiro atoms. The van der Waals surface area contributed by atoms with Gasteiger partial charge < -0.3 is 9.47 Å². The summed E-state index contributed by atoms with van der Waals surface area (Å²) in [7, 11) is 0. The first-order valence-corrected chi connectivity index (χ1v) is 7.89. The van der Waals surface area contributed by atoms with Crippen LogP contribution < -0.4 is 9.47 Å². The van der Waals surface area contributed by atoms with Gasteiger partial charge in [0.15, 0.2) is 5.78 Å². The second kappa shape index (κ2) is 6.87. The first-order valence-electron chi connectivity index (χ1n) is 7.89. The minimum absolute atomic E-state index is 0.0552. The second-order valence-corrected chi connectivity index (χ2v) is 6.01. The number of carbonyl (C=O) groups is 1. The molecule has 1 aliphatic heterocycles. The summed E-state index contributed by atoms with van der Waals surface area (Å²) in [6.45, 7) is 4.44. The number of ketones is 1. The molecule has 24 heavy (non-hydrogen) atoms. The maximum Gasteiger partial charge on any atom is 0.170 e. The van der Waals surface area contributed by atoms with Crippen LogP contribution in [0, 0.1) is 5.82 Å². The first kappa shape index (κ1) is 16.2. The van der Waals surface area contributed by atoms with Gasteiger partial charge in [0.25, 0.3) is 0 Å². The minimum Gasteiger partial charge on any atom is -0.489 e. The predicted octanol–water partition coefficient (Wildman–Crippen LogP) is 4.88. The van der Waals surface area contributed by atoms with Gasteiger partial charge in [0.1, 0.15) is 30.0 Å². The van der Waals surface area contributed by atoms with Crippen LogP contribution in [0.5, 0.6) is 11.5 Å². The smallest absolute Gasteiger partial charge is 0.170 e. The molecule has 0 N–H and O–H groups in total. The van der Waals surface area contributed by atoms with Crippen LogP contribution in [0.15, 0.2) is 54.1 Å². The number of hydrogen-bond donors (Lipinski definition) is 0. The fourth-order valence-electron chi connectivity index (χ4n) is 2.61. The van der Waals surface area contributed by atoms with Gasteiger partial charge in [-0.2, -0.15) is 0 Å². The molecule has 0 bridgehead atoms.